The molecule has 0 aromatic carbocycles. The zero-order valence-electron chi connectivity index (χ0n) is 9.08. The first-order valence-electron chi connectivity index (χ1n) is 4.99. The van der Waals surface area contributed by atoms with Crippen LogP contribution in [0.2, 0.25) is 0 Å². The number of nitrogens with one attached hydrogen (secondary N) is 1. The first-order valence-corrected chi connectivity index (χ1v) is 6.69. The molecule has 7 heteroatoms. The summed E-state index contributed by atoms with van der Waals surface area (Å²) in [5, 5.41) is 15.5. The molecule has 0 saturated carbocycles. The summed E-state index contributed by atoms with van der Waals surface area (Å²) in [7, 11) is 0. The molecule has 0 spiro atoms. The fourth-order valence-electron chi connectivity index (χ4n) is 1.26. The third-order valence-electron chi connectivity index (χ3n) is 2.15. The number of carboxylic acids is 1. The SMILES string of the molecule is CC(CNc1ncc(C(=O)O)s1)c1nccs1. The van der Waals surface area contributed by atoms with Gasteiger partial charge in [0.05, 0.1) is 11.2 Å². The highest BCUT2D eigenvalue weighted by molar-refractivity contribution is 7.17. The fraction of sp³-hybridized carbons (Fsp3) is 0.300. The first kappa shape index (κ1) is 12.0. The third kappa shape index (κ3) is 3.01. The zero-order chi connectivity index (χ0) is 12.3. The lowest BCUT2D eigenvalue weighted by molar-refractivity contribution is 0.0702. The van der Waals surface area contributed by atoms with Crippen LogP contribution < -0.4 is 5.32 Å². The summed E-state index contributed by atoms with van der Waals surface area (Å²) in [5.74, 6) is -0.657. The molecular weight excluding hydrogens is 258 g/mol. The lowest BCUT2D eigenvalue weighted by Crippen LogP contribution is -2.09. The van der Waals surface area contributed by atoms with Crippen LogP contribution in [-0.4, -0.2) is 27.6 Å². The molecule has 0 bridgehead atoms. The molecule has 90 valence electrons. The predicted molar refractivity (Wildman–Crippen MR) is 68.1 cm³/mol. The minimum atomic E-state index is -0.941. The number of hydrogen-bond acceptors (Lipinski definition) is 6. The predicted octanol–water partition coefficient (Wildman–Crippen LogP) is 2.51. The minimum absolute atomic E-state index is 0.245. The van der Waals surface area contributed by atoms with Crippen LogP contribution in [0.4, 0.5) is 5.13 Å². The molecule has 0 saturated heterocycles. The summed E-state index contributed by atoms with van der Waals surface area (Å²) in [4.78, 5) is 19.1. The number of thiazole rings is 2. The smallest absolute Gasteiger partial charge is 0.347 e. The average molecular weight is 269 g/mol. The van der Waals surface area contributed by atoms with Gasteiger partial charge in [-0.05, 0) is 0 Å². The highest BCUT2D eigenvalue weighted by atomic mass is 32.1. The van der Waals surface area contributed by atoms with Gasteiger partial charge in [0.15, 0.2) is 5.13 Å². The van der Waals surface area contributed by atoms with Crippen LogP contribution in [-0.2, 0) is 0 Å². The average Bonchev–Trinajstić information content (AvgIpc) is 2.97. The molecule has 17 heavy (non-hydrogen) atoms. The topological polar surface area (TPSA) is 75.1 Å². The molecule has 0 fully saturated rings. The molecule has 0 amide bonds. The number of anilines is 1. The van der Waals surface area contributed by atoms with Gasteiger partial charge in [0, 0.05) is 24.0 Å². The van der Waals surface area contributed by atoms with Gasteiger partial charge >= 0.3 is 5.97 Å². The van der Waals surface area contributed by atoms with Crippen molar-refractivity contribution in [2.24, 2.45) is 0 Å². The number of nitrogens with zero attached hydrogens (tertiary/aromatic N) is 2. The van der Waals surface area contributed by atoms with E-state index < -0.39 is 5.97 Å². The van der Waals surface area contributed by atoms with E-state index in [-0.39, 0.29) is 10.8 Å². The van der Waals surface area contributed by atoms with Gasteiger partial charge in [-0.25, -0.2) is 14.8 Å². The Morgan fingerprint density at radius 3 is 3.00 bits per heavy atom. The van der Waals surface area contributed by atoms with E-state index in [4.69, 9.17) is 5.11 Å². The summed E-state index contributed by atoms with van der Waals surface area (Å²) in [6, 6.07) is 0. The molecule has 2 aromatic rings. The van der Waals surface area contributed by atoms with Crippen LogP contribution in [0.25, 0.3) is 0 Å². The van der Waals surface area contributed by atoms with E-state index in [2.05, 4.69) is 22.2 Å². The van der Waals surface area contributed by atoms with Gasteiger partial charge in [-0.2, -0.15) is 0 Å². The van der Waals surface area contributed by atoms with Gasteiger partial charge in [0.2, 0.25) is 0 Å². The number of carboxylic acid groups (broad SMARTS) is 1. The summed E-state index contributed by atoms with van der Waals surface area (Å²) in [5.41, 5.74) is 0. The summed E-state index contributed by atoms with van der Waals surface area (Å²) in [6.07, 6.45) is 3.14. The highest BCUT2D eigenvalue weighted by Gasteiger charge is 2.11. The van der Waals surface area contributed by atoms with E-state index in [1.807, 2.05) is 5.38 Å². The van der Waals surface area contributed by atoms with Crippen LogP contribution in [0.15, 0.2) is 17.8 Å². The summed E-state index contributed by atoms with van der Waals surface area (Å²) < 4.78 is 0. The van der Waals surface area contributed by atoms with Gasteiger partial charge in [-0.15, -0.1) is 11.3 Å². The number of rotatable bonds is 5. The van der Waals surface area contributed by atoms with E-state index in [0.717, 1.165) is 16.3 Å². The van der Waals surface area contributed by atoms with Crippen molar-refractivity contribution in [2.75, 3.05) is 11.9 Å². The lowest BCUT2D eigenvalue weighted by Gasteiger charge is -2.08. The highest BCUT2D eigenvalue weighted by Crippen LogP contribution is 2.21. The van der Waals surface area contributed by atoms with Crippen molar-refractivity contribution in [2.45, 2.75) is 12.8 Å². The van der Waals surface area contributed by atoms with E-state index in [9.17, 15) is 4.79 Å². The molecule has 0 aliphatic heterocycles. The standard InChI is InChI=1S/C10H11N3O2S2/c1-6(8-11-2-3-16-8)4-12-10-13-5-7(17-10)9(14)15/h2-3,5-6H,4H2,1H3,(H,12,13)(H,14,15). The second-order valence-electron chi connectivity index (χ2n) is 3.49. The van der Waals surface area contributed by atoms with E-state index >= 15 is 0 Å². The summed E-state index contributed by atoms with van der Waals surface area (Å²) in [6.45, 7) is 2.76. The van der Waals surface area contributed by atoms with Gasteiger partial charge in [0.25, 0.3) is 0 Å². The third-order valence-corrected chi connectivity index (χ3v) is 4.10. The van der Waals surface area contributed by atoms with Crippen LogP contribution in [0, 0.1) is 0 Å². The normalized spacial score (nSPS) is 12.3. The lowest BCUT2D eigenvalue weighted by atomic mass is 10.2. The van der Waals surface area contributed by atoms with Crippen molar-refractivity contribution >= 4 is 33.8 Å². The largest absolute Gasteiger partial charge is 0.477 e. The molecule has 2 rings (SSSR count). The quantitative estimate of drug-likeness (QED) is 0.872. The molecule has 2 aromatic heterocycles. The Hall–Kier alpha value is -1.47. The van der Waals surface area contributed by atoms with Crippen molar-refractivity contribution in [1.29, 1.82) is 0 Å². The molecule has 0 aliphatic rings. The Balaban J connectivity index is 1.91. The van der Waals surface area contributed by atoms with E-state index in [0.29, 0.717) is 11.7 Å². The van der Waals surface area contributed by atoms with Crippen molar-refractivity contribution in [3.05, 3.63) is 27.7 Å². The number of carbonyl (C=O) groups is 1. The first-order chi connectivity index (χ1) is 8.16. The Kier molecular flexibility index (Phi) is 3.70. The van der Waals surface area contributed by atoms with Gasteiger partial charge in [0.1, 0.15) is 4.88 Å². The molecule has 2 heterocycles. The van der Waals surface area contributed by atoms with Crippen molar-refractivity contribution in [3.8, 4) is 0 Å². The maximum Gasteiger partial charge on any atom is 0.347 e. The molecule has 1 unspecified atom stereocenters. The monoisotopic (exact) mass is 269 g/mol. The summed E-state index contributed by atoms with van der Waals surface area (Å²) >= 11 is 2.76. The van der Waals surface area contributed by atoms with Crippen molar-refractivity contribution in [1.82, 2.24) is 9.97 Å². The van der Waals surface area contributed by atoms with Gasteiger partial charge in [-0.1, -0.05) is 18.3 Å². The Bertz CT molecular complexity index is 495. The van der Waals surface area contributed by atoms with Crippen molar-refractivity contribution < 1.29 is 9.90 Å². The molecule has 5 nitrogen and oxygen atoms in total. The number of aromatic nitrogens is 2. The van der Waals surface area contributed by atoms with Crippen LogP contribution >= 0.6 is 22.7 Å². The maximum absolute atomic E-state index is 10.7. The molecule has 1 atom stereocenters. The second kappa shape index (κ2) is 5.24. The molecule has 0 radical (unpaired) electrons. The Labute approximate surface area is 106 Å². The van der Waals surface area contributed by atoms with Crippen molar-refractivity contribution in [3.63, 3.8) is 0 Å². The maximum atomic E-state index is 10.7. The minimum Gasteiger partial charge on any atom is -0.477 e. The van der Waals surface area contributed by atoms with Crippen LogP contribution in [0.1, 0.15) is 27.5 Å². The molecular formula is C10H11N3O2S2. The van der Waals surface area contributed by atoms with E-state index in [1.54, 1.807) is 17.5 Å². The Morgan fingerprint density at radius 1 is 1.59 bits per heavy atom. The molecule has 0 aliphatic carbocycles. The van der Waals surface area contributed by atoms with E-state index in [1.165, 1.54) is 6.20 Å². The Morgan fingerprint density at radius 2 is 2.41 bits per heavy atom. The second-order valence-corrected chi connectivity index (χ2v) is 5.44. The number of aromatic carboxylic acids is 1. The fourth-order valence-corrected chi connectivity index (χ4v) is 2.62. The zero-order valence-corrected chi connectivity index (χ0v) is 10.7. The molecule has 2 N–H and O–H groups in total. The number of hydrogen-bond donors (Lipinski definition) is 2. The van der Waals surface area contributed by atoms with Crippen LogP contribution in [0.5, 0.6) is 0 Å². The van der Waals surface area contributed by atoms with Crippen LogP contribution in [0.3, 0.4) is 0 Å². The van der Waals surface area contributed by atoms with Gasteiger partial charge < -0.3 is 10.4 Å². The van der Waals surface area contributed by atoms with Gasteiger partial charge in [-0.3, -0.25) is 0 Å².